The molecule has 3 rings (SSSR count). The molecular formula is C22H36O3. The Labute approximate surface area is 153 Å². The van der Waals surface area contributed by atoms with E-state index in [9.17, 15) is 9.90 Å². The van der Waals surface area contributed by atoms with Crippen molar-refractivity contribution in [2.45, 2.75) is 73.1 Å². The number of carbonyl (C=O) groups is 1. The van der Waals surface area contributed by atoms with Gasteiger partial charge in [0.1, 0.15) is 0 Å². The lowest BCUT2D eigenvalue weighted by Crippen LogP contribution is -2.53. The highest BCUT2D eigenvalue weighted by atomic mass is 16.4. The van der Waals surface area contributed by atoms with Crippen LogP contribution in [0.2, 0.25) is 0 Å². The maximum atomic E-state index is 11.9. The molecule has 142 valence electrons. The van der Waals surface area contributed by atoms with Crippen LogP contribution in [0.5, 0.6) is 0 Å². The van der Waals surface area contributed by atoms with Crippen molar-refractivity contribution in [3.63, 3.8) is 0 Å². The van der Waals surface area contributed by atoms with Gasteiger partial charge in [-0.05, 0) is 74.7 Å². The first-order valence-electron chi connectivity index (χ1n) is 9.95. The molecule has 0 amide bonds. The van der Waals surface area contributed by atoms with Crippen LogP contribution in [0.3, 0.4) is 0 Å². The number of carboxylic acids is 1. The number of aliphatic carboxylic acids is 1. The van der Waals surface area contributed by atoms with Crippen LogP contribution < -0.4 is 0 Å². The second kappa shape index (κ2) is 7.65. The van der Waals surface area contributed by atoms with Gasteiger partial charge in [0.05, 0.1) is 5.41 Å². The largest absolute Gasteiger partial charge is 0.481 e. The van der Waals surface area contributed by atoms with Gasteiger partial charge in [-0.2, -0.15) is 0 Å². The number of hydrogen-bond acceptors (Lipinski definition) is 2. The predicted octanol–water partition coefficient (Wildman–Crippen LogP) is 5.20. The molecule has 0 aromatic carbocycles. The molecule has 1 unspecified atom stereocenters. The van der Waals surface area contributed by atoms with Crippen molar-refractivity contribution in [3.05, 3.63) is 23.3 Å². The molecule has 0 aliphatic heterocycles. The Balaban J connectivity index is 0.000000701. The number of allylic oxidation sites excluding steroid dienone is 4. The maximum Gasteiger partial charge on any atom is 0.309 e. The lowest BCUT2D eigenvalue weighted by molar-refractivity contribution is -0.162. The molecule has 3 nitrogen and oxygen atoms in total. The normalized spacial score (nSPS) is 37.1. The first-order chi connectivity index (χ1) is 11.7. The average molecular weight is 349 g/mol. The van der Waals surface area contributed by atoms with E-state index in [-0.39, 0.29) is 17.9 Å². The number of aliphatic hydroxyl groups excluding tert-OH is 1. The summed E-state index contributed by atoms with van der Waals surface area (Å²) in [4.78, 5) is 11.9. The summed E-state index contributed by atoms with van der Waals surface area (Å²) in [7, 11) is 0. The summed E-state index contributed by atoms with van der Waals surface area (Å²) >= 11 is 0. The highest BCUT2D eigenvalue weighted by Gasteiger charge is 2.57. The Morgan fingerprint density at radius 1 is 1.32 bits per heavy atom. The predicted molar refractivity (Wildman–Crippen MR) is 102 cm³/mol. The van der Waals surface area contributed by atoms with Gasteiger partial charge in [-0.25, -0.2) is 0 Å². The zero-order valence-corrected chi connectivity index (χ0v) is 16.6. The van der Waals surface area contributed by atoms with Crippen LogP contribution in [-0.2, 0) is 4.79 Å². The van der Waals surface area contributed by atoms with Crippen LogP contribution in [0.15, 0.2) is 23.3 Å². The van der Waals surface area contributed by atoms with Crippen molar-refractivity contribution in [2.24, 2.45) is 28.6 Å². The summed E-state index contributed by atoms with van der Waals surface area (Å²) in [5.41, 5.74) is 2.69. The second-order valence-corrected chi connectivity index (χ2v) is 8.86. The molecule has 0 bridgehead atoms. The minimum Gasteiger partial charge on any atom is -0.481 e. The Hall–Kier alpha value is -1.09. The highest BCUT2D eigenvalue weighted by molar-refractivity contribution is 5.75. The summed E-state index contributed by atoms with van der Waals surface area (Å²) in [5, 5.41) is 17.4. The van der Waals surface area contributed by atoms with Crippen molar-refractivity contribution in [1.82, 2.24) is 0 Å². The standard InChI is InChI=1S/C20H30O2.C2H6O/c1-13(2)14-6-8-16-15(12-14)7-9-17-19(16,3)10-5-11-20(17,4)18(21)22;1-2-3/h7,12-13,16-17H,5-6,8-11H2,1-4H3,(H,21,22);3H,2H2,1H3/t16-,17?,19+,20+;/m0./s1. The molecule has 3 aliphatic rings. The zero-order valence-electron chi connectivity index (χ0n) is 16.6. The molecule has 0 aromatic heterocycles. The Kier molecular flexibility index (Phi) is 6.19. The quantitative estimate of drug-likeness (QED) is 0.720. The summed E-state index contributed by atoms with van der Waals surface area (Å²) in [6, 6.07) is 0. The molecule has 1 saturated carbocycles. The van der Waals surface area contributed by atoms with Crippen molar-refractivity contribution < 1.29 is 15.0 Å². The van der Waals surface area contributed by atoms with E-state index < -0.39 is 11.4 Å². The molecule has 0 saturated heterocycles. The number of hydrogen-bond donors (Lipinski definition) is 2. The van der Waals surface area contributed by atoms with Gasteiger partial charge in [0.2, 0.25) is 0 Å². The van der Waals surface area contributed by atoms with Gasteiger partial charge in [0, 0.05) is 6.61 Å². The van der Waals surface area contributed by atoms with Crippen molar-refractivity contribution in [2.75, 3.05) is 6.61 Å². The molecular weight excluding hydrogens is 312 g/mol. The fourth-order valence-corrected chi connectivity index (χ4v) is 5.60. The van der Waals surface area contributed by atoms with E-state index >= 15 is 0 Å². The molecule has 0 heterocycles. The van der Waals surface area contributed by atoms with Gasteiger partial charge < -0.3 is 10.2 Å². The number of fused-ring (bicyclic) bond motifs is 3. The van der Waals surface area contributed by atoms with E-state index in [0.29, 0.717) is 11.8 Å². The van der Waals surface area contributed by atoms with Crippen LogP contribution in [0.1, 0.15) is 73.1 Å². The molecule has 25 heavy (non-hydrogen) atoms. The monoisotopic (exact) mass is 348 g/mol. The van der Waals surface area contributed by atoms with Crippen LogP contribution in [-0.4, -0.2) is 22.8 Å². The van der Waals surface area contributed by atoms with Gasteiger partial charge in [0.25, 0.3) is 0 Å². The zero-order chi connectivity index (χ0) is 18.8. The Morgan fingerprint density at radius 3 is 2.52 bits per heavy atom. The van der Waals surface area contributed by atoms with Crippen molar-refractivity contribution in [1.29, 1.82) is 0 Å². The number of aliphatic hydroxyl groups is 1. The minimum absolute atomic E-state index is 0.161. The Morgan fingerprint density at radius 2 is 1.96 bits per heavy atom. The van der Waals surface area contributed by atoms with Crippen molar-refractivity contribution in [3.8, 4) is 0 Å². The van der Waals surface area contributed by atoms with E-state index in [4.69, 9.17) is 5.11 Å². The molecule has 3 heteroatoms. The van der Waals surface area contributed by atoms with E-state index in [1.165, 1.54) is 24.8 Å². The molecule has 4 atom stereocenters. The molecule has 2 N–H and O–H groups in total. The van der Waals surface area contributed by atoms with Crippen LogP contribution in [0, 0.1) is 28.6 Å². The van der Waals surface area contributed by atoms with Gasteiger partial charge in [-0.1, -0.05) is 44.9 Å². The van der Waals surface area contributed by atoms with E-state index in [2.05, 4.69) is 32.9 Å². The topological polar surface area (TPSA) is 57.5 Å². The second-order valence-electron chi connectivity index (χ2n) is 8.86. The first-order valence-corrected chi connectivity index (χ1v) is 9.95. The third kappa shape index (κ3) is 3.58. The molecule has 1 fully saturated rings. The number of rotatable bonds is 2. The Bertz CT molecular complexity index is 560. The molecule has 0 spiro atoms. The SMILES string of the molecule is CC(C)C1=CC2=CCC3[C@](C)(C(=O)O)CCC[C@]3(C)[C@H]2CC1.CCO. The van der Waals surface area contributed by atoms with E-state index in [1.54, 1.807) is 12.5 Å². The smallest absolute Gasteiger partial charge is 0.309 e. The van der Waals surface area contributed by atoms with Gasteiger partial charge in [-0.3, -0.25) is 4.79 Å². The fraction of sp³-hybridized carbons (Fsp3) is 0.773. The first kappa shape index (κ1) is 20.2. The lowest BCUT2D eigenvalue weighted by Gasteiger charge is -2.57. The summed E-state index contributed by atoms with van der Waals surface area (Å²) < 4.78 is 0. The summed E-state index contributed by atoms with van der Waals surface area (Å²) in [5.74, 6) is 0.888. The highest BCUT2D eigenvalue weighted by Crippen LogP contribution is 2.62. The minimum atomic E-state index is -0.588. The van der Waals surface area contributed by atoms with Crippen LogP contribution >= 0.6 is 0 Å². The van der Waals surface area contributed by atoms with Gasteiger partial charge in [0.15, 0.2) is 0 Å². The lowest BCUT2D eigenvalue weighted by atomic mass is 9.47. The third-order valence-electron chi connectivity index (χ3n) is 7.07. The van der Waals surface area contributed by atoms with Crippen molar-refractivity contribution >= 4 is 5.97 Å². The summed E-state index contributed by atoms with van der Waals surface area (Å²) in [6.07, 6.45) is 11.2. The number of carboxylic acid groups (broad SMARTS) is 1. The van der Waals surface area contributed by atoms with Crippen LogP contribution in [0.25, 0.3) is 0 Å². The maximum absolute atomic E-state index is 11.9. The average Bonchev–Trinajstić information content (AvgIpc) is 2.54. The van der Waals surface area contributed by atoms with Gasteiger partial charge in [-0.15, -0.1) is 0 Å². The summed E-state index contributed by atoms with van der Waals surface area (Å²) in [6.45, 7) is 10.9. The molecule has 0 aromatic rings. The van der Waals surface area contributed by atoms with E-state index in [0.717, 1.165) is 19.3 Å². The third-order valence-corrected chi connectivity index (χ3v) is 7.07. The molecule has 3 aliphatic carbocycles. The van der Waals surface area contributed by atoms with Gasteiger partial charge >= 0.3 is 5.97 Å². The molecule has 0 radical (unpaired) electrons. The van der Waals surface area contributed by atoms with Crippen LogP contribution in [0.4, 0.5) is 0 Å². The fourth-order valence-electron chi connectivity index (χ4n) is 5.60. The van der Waals surface area contributed by atoms with E-state index in [1.807, 2.05) is 6.92 Å².